The second-order valence-corrected chi connectivity index (χ2v) is 4.20. The van der Waals surface area contributed by atoms with E-state index < -0.39 is 0 Å². The molecule has 0 spiro atoms. The van der Waals surface area contributed by atoms with Crippen LogP contribution in [0.2, 0.25) is 0 Å². The maximum absolute atomic E-state index is 4.09. The summed E-state index contributed by atoms with van der Waals surface area (Å²) in [6.07, 6.45) is 5.28. The molecule has 2 rings (SSSR count). The Morgan fingerprint density at radius 2 is 1.65 bits per heavy atom. The fraction of sp³-hybridized carbons (Fsp3) is 0.286. The quantitative estimate of drug-likeness (QED) is 0.875. The molecule has 88 valence electrons. The van der Waals surface area contributed by atoms with Crippen LogP contribution in [0.4, 0.5) is 0 Å². The number of hydrogen-bond acceptors (Lipinski definition) is 3. The highest BCUT2D eigenvalue weighted by Gasteiger charge is 2.16. The van der Waals surface area contributed by atoms with Gasteiger partial charge in [0.05, 0.1) is 6.04 Å². The van der Waals surface area contributed by atoms with Gasteiger partial charge in [-0.2, -0.15) is 0 Å². The van der Waals surface area contributed by atoms with Gasteiger partial charge in [0.2, 0.25) is 0 Å². The van der Waals surface area contributed by atoms with Crippen LogP contribution in [0.3, 0.4) is 0 Å². The molecule has 0 saturated heterocycles. The van der Waals surface area contributed by atoms with Crippen molar-refractivity contribution in [1.82, 2.24) is 15.3 Å². The van der Waals surface area contributed by atoms with Crippen LogP contribution in [0.5, 0.6) is 0 Å². The topological polar surface area (TPSA) is 37.8 Å². The van der Waals surface area contributed by atoms with Gasteiger partial charge in [0.25, 0.3) is 0 Å². The zero-order chi connectivity index (χ0) is 12.3. The first-order valence-electron chi connectivity index (χ1n) is 5.72. The molecule has 1 atom stereocenters. The first-order chi connectivity index (χ1) is 8.24. The van der Waals surface area contributed by atoms with Crippen LogP contribution in [-0.2, 0) is 0 Å². The van der Waals surface area contributed by atoms with E-state index in [1.807, 2.05) is 19.4 Å². The Morgan fingerprint density at radius 1 is 1.06 bits per heavy atom. The fourth-order valence-electron chi connectivity index (χ4n) is 2.22. The van der Waals surface area contributed by atoms with Crippen molar-refractivity contribution in [2.45, 2.75) is 19.9 Å². The van der Waals surface area contributed by atoms with E-state index in [4.69, 9.17) is 0 Å². The van der Waals surface area contributed by atoms with E-state index in [1.54, 1.807) is 6.33 Å². The van der Waals surface area contributed by atoms with Crippen molar-refractivity contribution in [3.63, 3.8) is 0 Å². The molecule has 0 aliphatic carbocycles. The molecule has 1 aromatic carbocycles. The third-order valence-corrected chi connectivity index (χ3v) is 3.03. The number of nitrogens with one attached hydrogen (secondary N) is 1. The minimum atomic E-state index is 0.150. The lowest BCUT2D eigenvalue weighted by Crippen LogP contribution is -2.20. The van der Waals surface area contributed by atoms with E-state index in [9.17, 15) is 0 Å². The van der Waals surface area contributed by atoms with Crippen molar-refractivity contribution in [2.75, 3.05) is 7.05 Å². The summed E-state index contributed by atoms with van der Waals surface area (Å²) in [7, 11) is 1.96. The highest BCUT2D eigenvalue weighted by atomic mass is 14.9. The van der Waals surface area contributed by atoms with E-state index in [0.717, 1.165) is 5.56 Å². The molecular formula is C14H17N3. The van der Waals surface area contributed by atoms with E-state index in [1.165, 1.54) is 16.7 Å². The normalized spacial score (nSPS) is 12.4. The lowest BCUT2D eigenvalue weighted by Gasteiger charge is -2.20. The van der Waals surface area contributed by atoms with Gasteiger partial charge < -0.3 is 5.32 Å². The lowest BCUT2D eigenvalue weighted by atomic mass is 9.93. The number of rotatable bonds is 3. The highest BCUT2D eigenvalue weighted by molar-refractivity contribution is 5.40. The Morgan fingerprint density at radius 3 is 2.18 bits per heavy atom. The van der Waals surface area contributed by atoms with Crippen molar-refractivity contribution in [3.05, 3.63) is 59.2 Å². The number of benzene rings is 1. The van der Waals surface area contributed by atoms with E-state index in [2.05, 4.69) is 47.3 Å². The maximum atomic E-state index is 4.09. The van der Waals surface area contributed by atoms with Crippen LogP contribution in [0.1, 0.15) is 28.3 Å². The molecule has 0 aliphatic heterocycles. The van der Waals surface area contributed by atoms with Crippen LogP contribution < -0.4 is 5.32 Å². The molecule has 0 aliphatic rings. The molecule has 2 aromatic rings. The summed E-state index contributed by atoms with van der Waals surface area (Å²) < 4.78 is 0. The third kappa shape index (κ3) is 2.34. The summed E-state index contributed by atoms with van der Waals surface area (Å²) >= 11 is 0. The van der Waals surface area contributed by atoms with Crippen molar-refractivity contribution in [1.29, 1.82) is 0 Å². The van der Waals surface area contributed by atoms with Gasteiger partial charge in [0, 0.05) is 18.0 Å². The van der Waals surface area contributed by atoms with Crippen LogP contribution >= 0.6 is 0 Å². The van der Waals surface area contributed by atoms with E-state index in [-0.39, 0.29) is 6.04 Å². The predicted octanol–water partition coefficient (Wildman–Crippen LogP) is 2.40. The number of aryl methyl sites for hydroxylation is 2. The second kappa shape index (κ2) is 5.06. The summed E-state index contributed by atoms with van der Waals surface area (Å²) in [4.78, 5) is 8.17. The molecule has 0 fully saturated rings. The van der Waals surface area contributed by atoms with Gasteiger partial charge in [0.15, 0.2) is 0 Å². The molecule has 17 heavy (non-hydrogen) atoms. The molecule has 0 radical (unpaired) electrons. The zero-order valence-electron chi connectivity index (χ0n) is 10.4. The zero-order valence-corrected chi connectivity index (χ0v) is 10.4. The van der Waals surface area contributed by atoms with Gasteiger partial charge in [-0.15, -0.1) is 0 Å². The summed E-state index contributed by atoms with van der Waals surface area (Å²) in [6, 6.07) is 6.51. The van der Waals surface area contributed by atoms with Crippen molar-refractivity contribution in [2.24, 2.45) is 0 Å². The van der Waals surface area contributed by atoms with Gasteiger partial charge in [-0.05, 0) is 37.6 Å². The summed E-state index contributed by atoms with van der Waals surface area (Å²) in [5, 5.41) is 3.34. The van der Waals surface area contributed by atoms with Crippen LogP contribution in [0.15, 0.2) is 36.9 Å². The van der Waals surface area contributed by atoms with Crippen LogP contribution in [0, 0.1) is 13.8 Å². The van der Waals surface area contributed by atoms with E-state index in [0.29, 0.717) is 0 Å². The van der Waals surface area contributed by atoms with Crippen molar-refractivity contribution >= 4 is 0 Å². The smallest absolute Gasteiger partial charge is 0.115 e. The average Bonchev–Trinajstić information content (AvgIpc) is 2.35. The maximum Gasteiger partial charge on any atom is 0.115 e. The largest absolute Gasteiger partial charge is 0.309 e. The molecule has 3 heteroatoms. The first kappa shape index (κ1) is 11.7. The molecule has 1 heterocycles. The lowest BCUT2D eigenvalue weighted by molar-refractivity contribution is 0.676. The molecule has 0 saturated carbocycles. The summed E-state index contributed by atoms with van der Waals surface area (Å²) in [6.45, 7) is 4.27. The van der Waals surface area contributed by atoms with Crippen molar-refractivity contribution in [3.8, 4) is 0 Å². The summed E-state index contributed by atoms with van der Waals surface area (Å²) in [5.74, 6) is 0. The number of aromatic nitrogens is 2. The van der Waals surface area contributed by atoms with Crippen molar-refractivity contribution < 1.29 is 0 Å². The van der Waals surface area contributed by atoms with Crippen LogP contribution in [-0.4, -0.2) is 17.0 Å². The third-order valence-electron chi connectivity index (χ3n) is 3.03. The fourth-order valence-corrected chi connectivity index (χ4v) is 2.22. The molecule has 1 unspecified atom stereocenters. The predicted molar refractivity (Wildman–Crippen MR) is 68.9 cm³/mol. The molecule has 0 amide bonds. The first-order valence-corrected chi connectivity index (χ1v) is 5.72. The SMILES string of the molecule is CNC(c1cncnc1)c1c(C)cccc1C. The standard InChI is InChI=1S/C14H17N3/c1-10-5-4-6-11(2)13(10)14(15-3)12-7-16-9-17-8-12/h4-9,14-15H,1-3H3. The minimum Gasteiger partial charge on any atom is -0.309 e. The van der Waals surface area contributed by atoms with Gasteiger partial charge in [-0.1, -0.05) is 18.2 Å². The monoisotopic (exact) mass is 227 g/mol. The van der Waals surface area contributed by atoms with E-state index >= 15 is 0 Å². The Labute approximate surface area is 102 Å². The van der Waals surface area contributed by atoms with Gasteiger partial charge in [0.1, 0.15) is 6.33 Å². The van der Waals surface area contributed by atoms with Gasteiger partial charge in [-0.3, -0.25) is 0 Å². The van der Waals surface area contributed by atoms with Gasteiger partial charge in [-0.25, -0.2) is 9.97 Å². The van der Waals surface area contributed by atoms with Crippen LogP contribution in [0.25, 0.3) is 0 Å². The molecular weight excluding hydrogens is 210 g/mol. The molecule has 1 aromatic heterocycles. The number of nitrogens with zero attached hydrogens (tertiary/aromatic N) is 2. The Kier molecular flexibility index (Phi) is 3.49. The van der Waals surface area contributed by atoms with Gasteiger partial charge >= 0.3 is 0 Å². The Balaban J connectivity index is 2.50. The minimum absolute atomic E-state index is 0.150. The Hall–Kier alpha value is -1.74. The molecule has 3 nitrogen and oxygen atoms in total. The summed E-state index contributed by atoms with van der Waals surface area (Å²) in [5.41, 5.74) is 4.97. The molecule has 0 bridgehead atoms. The Bertz CT molecular complexity index is 474. The molecule has 1 N–H and O–H groups in total. The number of hydrogen-bond donors (Lipinski definition) is 1. The highest BCUT2D eigenvalue weighted by Crippen LogP contribution is 2.26. The average molecular weight is 227 g/mol. The second-order valence-electron chi connectivity index (χ2n) is 4.20.